The quantitative estimate of drug-likeness (QED) is 0.344. The summed E-state index contributed by atoms with van der Waals surface area (Å²) < 4.78 is 1.95. The fourth-order valence-electron chi connectivity index (χ4n) is 3.74. The summed E-state index contributed by atoms with van der Waals surface area (Å²) in [5.41, 5.74) is 7.32. The number of imidazole rings is 1. The molecule has 2 heterocycles. The van der Waals surface area contributed by atoms with Crippen molar-refractivity contribution in [2.75, 3.05) is 10.6 Å². The third-order valence-corrected chi connectivity index (χ3v) is 5.26. The van der Waals surface area contributed by atoms with E-state index in [1.165, 1.54) is 5.56 Å². The van der Waals surface area contributed by atoms with Gasteiger partial charge in [-0.3, -0.25) is 0 Å². The topological polar surface area (TPSA) is 58.4 Å². The Morgan fingerprint density at radius 1 is 0.750 bits per heavy atom. The van der Waals surface area contributed by atoms with Crippen molar-refractivity contribution in [1.29, 1.82) is 0 Å². The monoisotopic (exact) mass is 418 g/mol. The predicted octanol–water partition coefficient (Wildman–Crippen LogP) is 6.62. The second-order valence-electron chi connectivity index (χ2n) is 7.68. The largest absolute Gasteiger partial charge is 0.323 e. The minimum atomic E-state index is -0.305. The maximum absolute atomic E-state index is 12.5. The van der Waals surface area contributed by atoms with Crippen molar-refractivity contribution in [2.24, 2.45) is 0 Å². The lowest BCUT2D eigenvalue weighted by atomic mass is 10.0. The van der Waals surface area contributed by atoms with Crippen LogP contribution in [0.25, 0.3) is 28.0 Å². The number of urea groups is 1. The van der Waals surface area contributed by atoms with Crippen LogP contribution in [0.4, 0.5) is 16.2 Å². The molecule has 0 aliphatic carbocycles. The first-order valence-electron chi connectivity index (χ1n) is 10.4. The number of pyridine rings is 1. The number of amides is 2. The average Bonchev–Trinajstić information content (AvgIpc) is 3.25. The van der Waals surface area contributed by atoms with E-state index in [9.17, 15) is 4.79 Å². The van der Waals surface area contributed by atoms with Gasteiger partial charge in [0, 0.05) is 23.6 Å². The fourth-order valence-corrected chi connectivity index (χ4v) is 3.74. The summed E-state index contributed by atoms with van der Waals surface area (Å²) in [4.78, 5) is 17.3. The van der Waals surface area contributed by atoms with E-state index >= 15 is 0 Å². The van der Waals surface area contributed by atoms with Gasteiger partial charge in [0.05, 0.1) is 11.4 Å². The van der Waals surface area contributed by atoms with Gasteiger partial charge in [0.1, 0.15) is 0 Å². The van der Waals surface area contributed by atoms with Crippen LogP contribution in [0.3, 0.4) is 0 Å². The van der Waals surface area contributed by atoms with Crippen molar-refractivity contribution >= 4 is 23.1 Å². The highest BCUT2D eigenvalue weighted by Gasteiger charge is 2.12. The Bertz CT molecular complexity index is 1370. The van der Waals surface area contributed by atoms with Crippen LogP contribution in [0.1, 0.15) is 5.56 Å². The average molecular weight is 419 g/mol. The van der Waals surface area contributed by atoms with Gasteiger partial charge in [0.25, 0.3) is 0 Å². The van der Waals surface area contributed by atoms with Gasteiger partial charge in [-0.15, -0.1) is 0 Å². The smallest absolute Gasteiger partial charge is 0.308 e. The number of para-hydroxylation sites is 1. The van der Waals surface area contributed by atoms with Crippen molar-refractivity contribution in [3.05, 3.63) is 109 Å². The molecule has 5 rings (SSSR count). The molecule has 0 spiro atoms. The Morgan fingerprint density at radius 2 is 1.38 bits per heavy atom. The summed E-state index contributed by atoms with van der Waals surface area (Å²) in [5, 5.41) is 5.78. The molecule has 0 atom stereocenters. The van der Waals surface area contributed by atoms with Crippen molar-refractivity contribution in [3.63, 3.8) is 0 Å². The highest BCUT2D eigenvalue weighted by Crippen LogP contribution is 2.27. The molecule has 2 aromatic heterocycles. The Balaban J connectivity index is 1.43. The number of rotatable bonds is 4. The first kappa shape index (κ1) is 19.6. The van der Waals surface area contributed by atoms with Crippen LogP contribution in [0.2, 0.25) is 0 Å². The van der Waals surface area contributed by atoms with Gasteiger partial charge in [-0.2, -0.15) is 0 Å². The van der Waals surface area contributed by atoms with E-state index in [2.05, 4.69) is 47.0 Å². The Morgan fingerprint density at radius 3 is 2.09 bits per heavy atom. The minimum absolute atomic E-state index is 0.305. The zero-order valence-corrected chi connectivity index (χ0v) is 17.6. The lowest BCUT2D eigenvalue weighted by Gasteiger charge is -2.09. The molecule has 0 aliphatic rings. The zero-order chi connectivity index (χ0) is 21.9. The van der Waals surface area contributed by atoms with Crippen LogP contribution in [-0.4, -0.2) is 15.4 Å². The molecule has 3 aromatic carbocycles. The van der Waals surface area contributed by atoms with Crippen molar-refractivity contribution in [1.82, 2.24) is 9.38 Å². The SMILES string of the molecule is Cc1cc(NC(=O)Nc2ccccc2)c2nc(-c3ccc(-c4ccccc4)cc3)cn2c1. The minimum Gasteiger partial charge on any atom is -0.308 e. The third-order valence-electron chi connectivity index (χ3n) is 5.26. The van der Waals surface area contributed by atoms with Crippen molar-refractivity contribution in [2.45, 2.75) is 6.92 Å². The van der Waals surface area contributed by atoms with E-state index in [4.69, 9.17) is 4.98 Å². The van der Waals surface area contributed by atoms with Crippen molar-refractivity contribution < 1.29 is 4.79 Å². The van der Waals surface area contributed by atoms with E-state index < -0.39 is 0 Å². The molecule has 32 heavy (non-hydrogen) atoms. The summed E-state index contributed by atoms with van der Waals surface area (Å²) in [7, 11) is 0. The summed E-state index contributed by atoms with van der Waals surface area (Å²) >= 11 is 0. The summed E-state index contributed by atoms with van der Waals surface area (Å²) in [5.74, 6) is 0. The summed E-state index contributed by atoms with van der Waals surface area (Å²) in [6.45, 7) is 1.99. The first-order chi connectivity index (χ1) is 15.7. The number of carbonyl (C=O) groups is 1. The molecule has 0 aliphatic heterocycles. The van der Waals surface area contributed by atoms with Crippen LogP contribution in [0, 0.1) is 6.92 Å². The number of anilines is 2. The van der Waals surface area contributed by atoms with Gasteiger partial charge < -0.3 is 15.0 Å². The molecule has 0 saturated heterocycles. The third kappa shape index (κ3) is 4.09. The summed E-state index contributed by atoms with van der Waals surface area (Å²) in [6, 6.07) is 29.6. The van der Waals surface area contributed by atoms with Gasteiger partial charge in [-0.25, -0.2) is 9.78 Å². The summed E-state index contributed by atoms with van der Waals surface area (Å²) in [6.07, 6.45) is 3.99. The molecule has 156 valence electrons. The number of benzene rings is 3. The number of aromatic nitrogens is 2. The van der Waals surface area contributed by atoms with Crippen LogP contribution in [0.15, 0.2) is 103 Å². The van der Waals surface area contributed by atoms with Crippen LogP contribution in [-0.2, 0) is 0 Å². The number of hydrogen-bond acceptors (Lipinski definition) is 2. The van der Waals surface area contributed by atoms with E-state index in [0.717, 1.165) is 28.1 Å². The predicted molar refractivity (Wildman–Crippen MR) is 130 cm³/mol. The lowest BCUT2D eigenvalue weighted by Crippen LogP contribution is -2.20. The standard InChI is InChI=1S/C27H22N4O/c1-19-16-24(30-27(32)28-23-10-6-3-7-11-23)26-29-25(18-31(26)17-19)22-14-12-21(13-15-22)20-8-4-2-5-9-20/h2-18H,1H3,(H2,28,30,32). The van der Waals surface area contributed by atoms with Gasteiger partial charge >= 0.3 is 6.03 Å². The normalized spacial score (nSPS) is 10.8. The molecule has 0 saturated carbocycles. The fraction of sp³-hybridized carbons (Fsp3) is 0.0370. The Labute approximate surface area is 186 Å². The molecule has 5 heteroatoms. The van der Waals surface area contributed by atoms with Gasteiger partial charge in [-0.05, 0) is 41.8 Å². The number of carbonyl (C=O) groups excluding carboxylic acids is 1. The van der Waals surface area contributed by atoms with E-state index in [1.807, 2.05) is 78.3 Å². The molecule has 0 bridgehead atoms. The molecular formula is C27H22N4O. The molecule has 5 nitrogen and oxygen atoms in total. The first-order valence-corrected chi connectivity index (χ1v) is 10.4. The van der Waals surface area contributed by atoms with E-state index in [0.29, 0.717) is 11.3 Å². The van der Waals surface area contributed by atoms with Gasteiger partial charge in [0.2, 0.25) is 0 Å². The van der Waals surface area contributed by atoms with E-state index in [-0.39, 0.29) is 6.03 Å². The second-order valence-corrected chi connectivity index (χ2v) is 7.68. The highest BCUT2D eigenvalue weighted by molar-refractivity contribution is 6.02. The number of fused-ring (bicyclic) bond motifs is 1. The second kappa shape index (κ2) is 8.40. The number of aryl methyl sites for hydroxylation is 1. The van der Waals surface area contributed by atoms with Gasteiger partial charge in [-0.1, -0.05) is 72.8 Å². The van der Waals surface area contributed by atoms with E-state index in [1.54, 1.807) is 0 Å². The molecule has 2 N–H and O–H groups in total. The number of hydrogen-bond donors (Lipinski definition) is 2. The highest BCUT2D eigenvalue weighted by atomic mass is 16.2. The Kier molecular flexibility index (Phi) is 5.14. The van der Waals surface area contributed by atoms with Gasteiger partial charge in [0.15, 0.2) is 5.65 Å². The molecule has 0 unspecified atom stereocenters. The molecular weight excluding hydrogens is 396 g/mol. The number of nitrogens with zero attached hydrogens (tertiary/aromatic N) is 2. The maximum Gasteiger partial charge on any atom is 0.323 e. The zero-order valence-electron chi connectivity index (χ0n) is 17.6. The molecule has 2 amide bonds. The lowest BCUT2D eigenvalue weighted by molar-refractivity contribution is 0.262. The van der Waals surface area contributed by atoms with Crippen molar-refractivity contribution in [3.8, 4) is 22.4 Å². The molecule has 5 aromatic rings. The maximum atomic E-state index is 12.5. The van der Waals surface area contributed by atoms with Crippen LogP contribution in [0.5, 0.6) is 0 Å². The molecule has 0 radical (unpaired) electrons. The Hall–Kier alpha value is -4.38. The molecule has 0 fully saturated rings. The number of nitrogens with one attached hydrogen (secondary N) is 2. The van der Waals surface area contributed by atoms with Crippen LogP contribution >= 0.6 is 0 Å². The van der Waals surface area contributed by atoms with Crippen LogP contribution < -0.4 is 10.6 Å².